The van der Waals surface area contributed by atoms with Gasteiger partial charge in [-0.15, -0.1) is 0 Å². The van der Waals surface area contributed by atoms with E-state index in [0.717, 1.165) is 57.9 Å². The van der Waals surface area contributed by atoms with Gasteiger partial charge in [-0.1, -0.05) is 50.7 Å². The highest BCUT2D eigenvalue weighted by molar-refractivity contribution is 5.95. The van der Waals surface area contributed by atoms with Gasteiger partial charge in [0.2, 0.25) is 11.8 Å². The van der Waals surface area contributed by atoms with Crippen LogP contribution in [0, 0.1) is 34.0 Å². The van der Waals surface area contributed by atoms with E-state index in [9.17, 15) is 9.59 Å². The molecule has 4 aliphatic carbocycles. The lowest BCUT2D eigenvalue weighted by molar-refractivity contribution is -0.154. The van der Waals surface area contributed by atoms with Crippen LogP contribution in [0.25, 0.3) is 0 Å². The average molecular weight is 428 g/mol. The van der Waals surface area contributed by atoms with Crippen molar-refractivity contribution in [1.82, 2.24) is 4.90 Å². The predicted molar refractivity (Wildman–Crippen MR) is 122 cm³/mol. The largest absolute Gasteiger partial charge is 0.369 e. The monoisotopic (exact) mass is 427 g/mol. The number of hydrogen-bond acceptors (Lipinski definition) is 3. The summed E-state index contributed by atoms with van der Waals surface area (Å²) in [6, 6.07) is 0. The molecule has 1 saturated heterocycles. The fraction of sp³-hybridized carbons (Fsp3) is 0.846. The molecule has 2 bridgehead atoms. The zero-order valence-corrected chi connectivity index (χ0v) is 19.1. The second-order valence-electron chi connectivity index (χ2n) is 11.5. The maximum Gasteiger partial charge on any atom is 0.225 e. The zero-order chi connectivity index (χ0) is 21.7. The van der Waals surface area contributed by atoms with Crippen molar-refractivity contribution in [2.75, 3.05) is 19.6 Å². The van der Waals surface area contributed by atoms with E-state index in [4.69, 9.17) is 11.5 Å². The molecule has 0 aromatic rings. The highest BCUT2D eigenvalue weighted by Gasteiger charge is 2.81. The van der Waals surface area contributed by atoms with Crippen LogP contribution in [0.1, 0.15) is 83.5 Å². The fourth-order valence-electron chi connectivity index (χ4n) is 8.68. The fourth-order valence-corrected chi connectivity index (χ4v) is 8.68. The van der Waals surface area contributed by atoms with Crippen molar-refractivity contribution in [3.63, 3.8) is 0 Å². The third-order valence-corrected chi connectivity index (χ3v) is 10.1. The molecule has 5 rings (SSSR count). The Labute approximate surface area is 187 Å². The standard InChI is InChI=1S/C26H41N3O2/c27-22(30)25(12-4-5-15-29-16-6-7-17-29)20-10-11-21(24(20)13-14-24)26(25,23(28)31)18-19-8-2-1-3-9-19/h10-11,19-21H,1-9,12-18H2,(H2,27,30)(H2,28,31)/t20-,21+,25+,26+/m1/s1. The molecule has 4 fully saturated rings. The summed E-state index contributed by atoms with van der Waals surface area (Å²) in [6.45, 7) is 3.49. The van der Waals surface area contributed by atoms with E-state index in [0.29, 0.717) is 5.92 Å². The number of nitrogens with zero attached hydrogens (tertiary/aromatic N) is 1. The van der Waals surface area contributed by atoms with Crippen LogP contribution < -0.4 is 11.5 Å². The highest BCUT2D eigenvalue weighted by atomic mass is 16.2. The van der Waals surface area contributed by atoms with E-state index >= 15 is 0 Å². The van der Waals surface area contributed by atoms with Gasteiger partial charge in [0.1, 0.15) is 0 Å². The summed E-state index contributed by atoms with van der Waals surface area (Å²) in [5.41, 5.74) is 11.1. The van der Waals surface area contributed by atoms with Crippen molar-refractivity contribution in [2.45, 2.75) is 83.5 Å². The maximum absolute atomic E-state index is 13.4. The van der Waals surface area contributed by atoms with Gasteiger partial charge < -0.3 is 16.4 Å². The van der Waals surface area contributed by atoms with Crippen molar-refractivity contribution < 1.29 is 9.59 Å². The number of unbranched alkanes of at least 4 members (excludes halogenated alkanes) is 1. The third kappa shape index (κ3) is 3.05. The lowest BCUT2D eigenvalue weighted by Crippen LogP contribution is -2.60. The normalized spacial score (nSPS) is 38.8. The average Bonchev–Trinajstić information content (AvgIpc) is 3.13. The topological polar surface area (TPSA) is 89.4 Å². The second kappa shape index (κ2) is 7.90. The molecule has 4 N–H and O–H groups in total. The number of nitrogens with two attached hydrogens (primary N) is 2. The number of primary amides is 2. The second-order valence-corrected chi connectivity index (χ2v) is 11.5. The highest BCUT2D eigenvalue weighted by Crippen LogP contribution is 2.81. The molecule has 5 aliphatic rings. The SMILES string of the molecule is NC(=O)[C@]1(CCCCN2CCCC2)[C@@H]2C=C[C@@H](C23CC3)[C@@]1(CC1CCCCC1)C(N)=O. The first-order valence-corrected chi connectivity index (χ1v) is 13.0. The molecule has 2 amide bonds. The summed E-state index contributed by atoms with van der Waals surface area (Å²) in [6.07, 6.45) is 18.9. The number of amides is 2. The summed E-state index contributed by atoms with van der Waals surface area (Å²) in [5, 5.41) is 0. The first-order chi connectivity index (χ1) is 15.0. The Hall–Kier alpha value is -1.36. The summed E-state index contributed by atoms with van der Waals surface area (Å²) >= 11 is 0. The van der Waals surface area contributed by atoms with Gasteiger partial charge in [-0.3, -0.25) is 9.59 Å². The Morgan fingerprint density at radius 1 is 0.839 bits per heavy atom. The Kier molecular flexibility index (Phi) is 5.47. The Balaban J connectivity index is 1.46. The molecule has 0 aromatic carbocycles. The van der Waals surface area contributed by atoms with E-state index in [1.165, 1.54) is 45.2 Å². The molecule has 0 aromatic heterocycles. The van der Waals surface area contributed by atoms with Crippen LogP contribution in [0.4, 0.5) is 0 Å². The smallest absolute Gasteiger partial charge is 0.225 e. The van der Waals surface area contributed by atoms with E-state index in [1.807, 2.05) is 0 Å². The van der Waals surface area contributed by atoms with Gasteiger partial charge in [0, 0.05) is 0 Å². The van der Waals surface area contributed by atoms with Gasteiger partial charge in [0.25, 0.3) is 0 Å². The number of carbonyl (C=O) groups is 2. The lowest BCUT2D eigenvalue weighted by atomic mass is 9.51. The van der Waals surface area contributed by atoms with Crippen LogP contribution in [-0.4, -0.2) is 36.3 Å². The molecule has 0 radical (unpaired) electrons. The molecular formula is C26H41N3O2. The third-order valence-electron chi connectivity index (χ3n) is 10.1. The first kappa shape index (κ1) is 21.5. The molecule has 4 atom stereocenters. The maximum atomic E-state index is 13.4. The molecule has 5 nitrogen and oxygen atoms in total. The number of allylic oxidation sites excluding steroid dienone is 2. The van der Waals surface area contributed by atoms with Gasteiger partial charge in [0.15, 0.2) is 0 Å². The molecular weight excluding hydrogens is 386 g/mol. The number of carbonyl (C=O) groups excluding carboxylic acids is 2. The van der Waals surface area contributed by atoms with Gasteiger partial charge in [0.05, 0.1) is 10.8 Å². The van der Waals surface area contributed by atoms with Gasteiger partial charge in [-0.05, 0) is 87.7 Å². The van der Waals surface area contributed by atoms with Crippen molar-refractivity contribution in [1.29, 1.82) is 0 Å². The molecule has 1 spiro atoms. The van der Waals surface area contributed by atoms with Crippen LogP contribution >= 0.6 is 0 Å². The van der Waals surface area contributed by atoms with Crippen LogP contribution in [0.5, 0.6) is 0 Å². The van der Waals surface area contributed by atoms with Crippen LogP contribution in [-0.2, 0) is 9.59 Å². The van der Waals surface area contributed by atoms with E-state index < -0.39 is 10.8 Å². The van der Waals surface area contributed by atoms with Crippen molar-refractivity contribution in [3.05, 3.63) is 12.2 Å². The van der Waals surface area contributed by atoms with Gasteiger partial charge in [-0.25, -0.2) is 0 Å². The number of rotatable bonds is 9. The van der Waals surface area contributed by atoms with E-state index in [1.54, 1.807) is 0 Å². The summed E-state index contributed by atoms with van der Waals surface area (Å²) in [7, 11) is 0. The van der Waals surface area contributed by atoms with Crippen molar-refractivity contribution >= 4 is 11.8 Å². The molecule has 31 heavy (non-hydrogen) atoms. The van der Waals surface area contributed by atoms with E-state index in [-0.39, 0.29) is 29.1 Å². The Bertz CT molecular complexity index is 748. The first-order valence-electron chi connectivity index (χ1n) is 13.0. The Morgan fingerprint density at radius 2 is 1.45 bits per heavy atom. The van der Waals surface area contributed by atoms with E-state index in [2.05, 4.69) is 17.1 Å². The minimum absolute atomic E-state index is 0.0771. The lowest BCUT2D eigenvalue weighted by Gasteiger charge is -2.49. The van der Waals surface area contributed by atoms with Gasteiger partial charge in [-0.2, -0.15) is 0 Å². The van der Waals surface area contributed by atoms with Crippen LogP contribution in [0.15, 0.2) is 12.2 Å². The number of likely N-dealkylation sites (tertiary alicyclic amines) is 1. The molecule has 1 heterocycles. The zero-order valence-electron chi connectivity index (χ0n) is 19.1. The van der Waals surface area contributed by atoms with Gasteiger partial charge >= 0.3 is 0 Å². The molecule has 1 aliphatic heterocycles. The molecule has 172 valence electrons. The minimum atomic E-state index is -0.794. The molecule has 3 saturated carbocycles. The Morgan fingerprint density at radius 3 is 2.03 bits per heavy atom. The molecule has 0 unspecified atom stereocenters. The summed E-state index contributed by atoms with van der Waals surface area (Å²) in [4.78, 5) is 29.4. The predicted octanol–water partition coefficient (Wildman–Crippen LogP) is 3.76. The van der Waals surface area contributed by atoms with Crippen LogP contribution in [0.3, 0.4) is 0 Å². The van der Waals surface area contributed by atoms with Crippen LogP contribution in [0.2, 0.25) is 0 Å². The summed E-state index contributed by atoms with van der Waals surface area (Å²) in [5.74, 6) is 0.194. The van der Waals surface area contributed by atoms with Crippen molar-refractivity contribution in [2.24, 2.45) is 45.5 Å². The summed E-state index contributed by atoms with van der Waals surface area (Å²) < 4.78 is 0. The van der Waals surface area contributed by atoms with Crippen molar-refractivity contribution in [3.8, 4) is 0 Å². The molecule has 5 heteroatoms. The minimum Gasteiger partial charge on any atom is -0.369 e. The quantitative estimate of drug-likeness (QED) is 0.434. The number of hydrogen-bond donors (Lipinski definition) is 2.